The number of carbonyl (C=O) groups is 1. The van der Waals surface area contributed by atoms with Crippen LogP contribution in [0.2, 0.25) is 0 Å². The number of nitrogen functional groups attached to an aromatic ring is 1. The van der Waals surface area contributed by atoms with Gasteiger partial charge in [-0.1, -0.05) is 19.1 Å². The normalized spacial score (nSPS) is 11.9. The second-order valence-electron chi connectivity index (χ2n) is 4.00. The molecule has 6 heteroatoms. The van der Waals surface area contributed by atoms with Crippen LogP contribution in [0.15, 0.2) is 35.7 Å². The number of thiophene rings is 1. The summed E-state index contributed by atoms with van der Waals surface area (Å²) in [6.45, 7) is 2.04. The van der Waals surface area contributed by atoms with Crippen molar-refractivity contribution in [3.05, 3.63) is 46.3 Å². The van der Waals surface area contributed by atoms with Crippen LogP contribution in [0.5, 0.6) is 0 Å². The zero-order valence-corrected chi connectivity index (χ0v) is 11.4. The van der Waals surface area contributed by atoms with Gasteiger partial charge in [-0.2, -0.15) is 0 Å². The van der Waals surface area contributed by atoms with E-state index in [1.807, 2.05) is 24.4 Å². The van der Waals surface area contributed by atoms with Gasteiger partial charge in [-0.3, -0.25) is 4.79 Å². The minimum Gasteiger partial charge on any atom is -0.343 e. The van der Waals surface area contributed by atoms with Gasteiger partial charge >= 0.3 is 0 Å². The minimum atomic E-state index is -0.197. The van der Waals surface area contributed by atoms with E-state index in [1.165, 1.54) is 0 Å². The molecule has 2 aromatic rings. The van der Waals surface area contributed by atoms with Crippen LogP contribution in [0.3, 0.4) is 0 Å². The summed E-state index contributed by atoms with van der Waals surface area (Å²) in [5, 5.41) is 4.98. The third-order valence-electron chi connectivity index (χ3n) is 2.73. The fourth-order valence-corrected chi connectivity index (χ4v) is 2.60. The zero-order chi connectivity index (χ0) is 13.7. The van der Waals surface area contributed by atoms with Gasteiger partial charge < -0.3 is 10.7 Å². The van der Waals surface area contributed by atoms with Crippen molar-refractivity contribution in [3.8, 4) is 0 Å². The van der Waals surface area contributed by atoms with Gasteiger partial charge in [-0.05, 0) is 30.0 Å². The van der Waals surface area contributed by atoms with E-state index in [4.69, 9.17) is 5.84 Å². The highest BCUT2D eigenvalue weighted by atomic mass is 32.1. The van der Waals surface area contributed by atoms with Crippen LogP contribution in [0.4, 0.5) is 5.82 Å². The lowest BCUT2D eigenvalue weighted by Gasteiger charge is -2.15. The topological polar surface area (TPSA) is 80.0 Å². The van der Waals surface area contributed by atoms with E-state index in [0.717, 1.165) is 11.3 Å². The average molecular weight is 276 g/mol. The van der Waals surface area contributed by atoms with Gasteiger partial charge in [-0.25, -0.2) is 10.8 Å². The number of nitrogens with two attached hydrogens (primary N) is 1. The second-order valence-corrected chi connectivity index (χ2v) is 4.98. The van der Waals surface area contributed by atoms with Gasteiger partial charge in [-0.15, -0.1) is 11.3 Å². The first-order valence-electron chi connectivity index (χ1n) is 6.02. The number of amides is 1. The number of hydrogen-bond acceptors (Lipinski definition) is 5. The van der Waals surface area contributed by atoms with Crippen LogP contribution in [-0.2, 0) is 0 Å². The van der Waals surface area contributed by atoms with E-state index >= 15 is 0 Å². The minimum absolute atomic E-state index is 0.0174. The molecule has 2 heterocycles. The Morgan fingerprint density at radius 2 is 2.26 bits per heavy atom. The summed E-state index contributed by atoms with van der Waals surface area (Å²) < 4.78 is 0. The number of nitrogens with one attached hydrogen (secondary N) is 2. The highest BCUT2D eigenvalue weighted by Crippen LogP contribution is 2.22. The molecule has 2 rings (SSSR count). The van der Waals surface area contributed by atoms with Gasteiger partial charge in [0.15, 0.2) is 0 Å². The summed E-state index contributed by atoms with van der Waals surface area (Å²) in [4.78, 5) is 17.4. The molecule has 0 saturated heterocycles. The van der Waals surface area contributed by atoms with E-state index in [0.29, 0.717) is 11.5 Å². The van der Waals surface area contributed by atoms with Crippen molar-refractivity contribution in [1.82, 2.24) is 10.3 Å². The van der Waals surface area contributed by atoms with Crippen molar-refractivity contribution in [1.29, 1.82) is 0 Å². The van der Waals surface area contributed by atoms with Gasteiger partial charge in [0.2, 0.25) is 0 Å². The molecule has 2 aromatic heterocycles. The maximum absolute atomic E-state index is 12.1. The molecular formula is C13H16N4OS. The molecule has 5 nitrogen and oxygen atoms in total. The number of rotatable bonds is 5. The Balaban J connectivity index is 2.11. The molecule has 0 spiro atoms. The largest absolute Gasteiger partial charge is 0.343 e. The highest BCUT2D eigenvalue weighted by Gasteiger charge is 2.15. The lowest BCUT2D eigenvalue weighted by molar-refractivity contribution is 0.0931. The SMILES string of the molecule is CCC(NC(=O)c1cccc(NN)n1)c1cccs1. The Labute approximate surface area is 115 Å². The maximum atomic E-state index is 12.1. The number of aromatic nitrogens is 1. The summed E-state index contributed by atoms with van der Waals surface area (Å²) in [7, 11) is 0. The van der Waals surface area contributed by atoms with Crippen molar-refractivity contribution in [2.45, 2.75) is 19.4 Å². The number of anilines is 1. The fourth-order valence-electron chi connectivity index (χ4n) is 1.74. The molecule has 0 radical (unpaired) electrons. The van der Waals surface area contributed by atoms with Crippen LogP contribution in [0.25, 0.3) is 0 Å². The first kappa shape index (κ1) is 13.5. The number of hydrazine groups is 1. The van der Waals surface area contributed by atoms with Gasteiger partial charge in [0.05, 0.1) is 6.04 Å². The Morgan fingerprint density at radius 1 is 1.42 bits per heavy atom. The molecule has 100 valence electrons. The van der Waals surface area contributed by atoms with Crippen LogP contribution in [0, 0.1) is 0 Å². The van der Waals surface area contributed by atoms with E-state index < -0.39 is 0 Å². The predicted molar refractivity (Wildman–Crippen MR) is 76.9 cm³/mol. The maximum Gasteiger partial charge on any atom is 0.270 e. The Kier molecular flexibility index (Phi) is 4.48. The second kappa shape index (κ2) is 6.31. The van der Waals surface area contributed by atoms with Crippen LogP contribution in [-0.4, -0.2) is 10.9 Å². The van der Waals surface area contributed by atoms with Crippen molar-refractivity contribution < 1.29 is 4.79 Å². The predicted octanol–water partition coefficient (Wildman–Crippen LogP) is 2.31. The first-order valence-corrected chi connectivity index (χ1v) is 6.90. The molecule has 0 fully saturated rings. The Morgan fingerprint density at radius 3 is 2.89 bits per heavy atom. The molecule has 0 aliphatic carbocycles. The third kappa shape index (κ3) is 3.30. The Hall–Kier alpha value is -1.92. The van der Waals surface area contributed by atoms with Crippen molar-refractivity contribution in [3.63, 3.8) is 0 Å². The highest BCUT2D eigenvalue weighted by molar-refractivity contribution is 7.10. The van der Waals surface area contributed by atoms with Gasteiger partial charge in [0.25, 0.3) is 5.91 Å². The zero-order valence-electron chi connectivity index (χ0n) is 10.6. The summed E-state index contributed by atoms with van der Waals surface area (Å²) in [6, 6.07) is 9.12. The molecule has 0 saturated carbocycles. The standard InChI is InChI=1S/C13H16N4OS/c1-2-9(11-6-4-8-19-11)16-13(18)10-5-3-7-12(15-10)17-14/h3-9H,2,14H2,1H3,(H,15,17)(H,16,18). The number of carbonyl (C=O) groups excluding carboxylic acids is 1. The first-order chi connectivity index (χ1) is 9.24. The summed E-state index contributed by atoms with van der Waals surface area (Å²) in [5.74, 6) is 5.55. The third-order valence-corrected chi connectivity index (χ3v) is 3.72. The van der Waals surface area contributed by atoms with Crippen LogP contribution < -0.4 is 16.6 Å². The van der Waals surface area contributed by atoms with Crippen molar-refractivity contribution >= 4 is 23.1 Å². The van der Waals surface area contributed by atoms with Crippen LogP contribution >= 0.6 is 11.3 Å². The van der Waals surface area contributed by atoms with Crippen molar-refractivity contribution in [2.24, 2.45) is 5.84 Å². The molecule has 19 heavy (non-hydrogen) atoms. The molecule has 1 unspecified atom stereocenters. The summed E-state index contributed by atoms with van der Waals surface area (Å²) in [5.41, 5.74) is 2.78. The molecule has 1 atom stereocenters. The molecular weight excluding hydrogens is 260 g/mol. The molecule has 0 aliphatic heterocycles. The van der Waals surface area contributed by atoms with E-state index in [2.05, 4.69) is 15.7 Å². The lowest BCUT2D eigenvalue weighted by atomic mass is 10.2. The molecule has 0 aliphatic rings. The fraction of sp³-hybridized carbons (Fsp3) is 0.231. The number of hydrogen-bond donors (Lipinski definition) is 3. The number of pyridine rings is 1. The van der Waals surface area contributed by atoms with Gasteiger partial charge in [0.1, 0.15) is 11.5 Å². The molecule has 0 bridgehead atoms. The van der Waals surface area contributed by atoms with E-state index in [9.17, 15) is 4.79 Å². The van der Waals surface area contributed by atoms with Crippen molar-refractivity contribution in [2.75, 3.05) is 5.43 Å². The summed E-state index contributed by atoms with van der Waals surface area (Å²) >= 11 is 1.63. The quantitative estimate of drug-likeness (QED) is 0.578. The van der Waals surface area contributed by atoms with E-state index in [1.54, 1.807) is 29.5 Å². The van der Waals surface area contributed by atoms with E-state index in [-0.39, 0.29) is 11.9 Å². The molecule has 0 aromatic carbocycles. The molecule has 1 amide bonds. The smallest absolute Gasteiger partial charge is 0.270 e. The number of nitrogens with zero attached hydrogens (tertiary/aromatic N) is 1. The van der Waals surface area contributed by atoms with Crippen LogP contribution in [0.1, 0.15) is 34.8 Å². The van der Waals surface area contributed by atoms with Gasteiger partial charge in [0, 0.05) is 4.88 Å². The monoisotopic (exact) mass is 276 g/mol. The summed E-state index contributed by atoms with van der Waals surface area (Å²) in [6.07, 6.45) is 0.834. The molecule has 4 N–H and O–H groups in total. The Bertz CT molecular complexity index is 541. The lowest BCUT2D eigenvalue weighted by Crippen LogP contribution is -2.28. The average Bonchev–Trinajstić information content (AvgIpc) is 2.98.